The van der Waals surface area contributed by atoms with Gasteiger partial charge in [-0.15, -0.1) is 11.3 Å². The van der Waals surface area contributed by atoms with Crippen LogP contribution in [-0.4, -0.2) is 27.9 Å². The van der Waals surface area contributed by atoms with E-state index < -0.39 is 24.3 Å². The Balaban J connectivity index is 1.58. The maximum atomic E-state index is 12.2. The van der Waals surface area contributed by atoms with Crippen LogP contribution in [0.25, 0.3) is 6.08 Å². The zero-order valence-corrected chi connectivity index (χ0v) is 16.4. The number of nitrogens with zero attached hydrogens (tertiary/aromatic N) is 3. The van der Waals surface area contributed by atoms with Crippen molar-refractivity contribution in [2.24, 2.45) is 0 Å². The Labute approximate surface area is 162 Å². The highest BCUT2D eigenvalue weighted by Gasteiger charge is 2.27. The maximum Gasteiger partial charge on any atom is 0.331 e. The van der Waals surface area contributed by atoms with E-state index in [1.165, 1.54) is 35.9 Å². The van der Waals surface area contributed by atoms with E-state index >= 15 is 0 Å². The van der Waals surface area contributed by atoms with Gasteiger partial charge >= 0.3 is 5.97 Å². The lowest BCUT2D eigenvalue weighted by Crippen LogP contribution is -2.19. The molecule has 2 aromatic heterocycles. The number of thiazole rings is 1. The second kappa shape index (κ2) is 7.89. The first-order valence-corrected chi connectivity index (χ1v) is 9.66. The van der Waals surface area contributed by atoms with E-state index in [0.29, 0.717) is 11.0 Å². The van der Waals surface area contributed by atoms with Crippen molar-refractivity contribution in [2.75, 3.05) is 6.61 Å². The van der Waals surface area contributed by atoms with Crippen molar-refractivity contribution >= 4 is 29.2 Å². The fourth-order valence-corrected chi connectivity index (χ4v) is 3.93. The first kappa shape index (κ1) is 19.1. The van der Waals surface area contributed by atoms with Gasteiger partial charge < -0.3 is 9.30 Å². The quantitative estimate of drug-likeness (QED) is 0.538. The number of Topliss-reactive ketones (excluding diaryl/α,β-unsaturated/α-hetero) is 1. The van der Waals surface area contributed by atoms with Gasteiger partial charge in [0.1, 0.15) is 5.01 Å². The number of nitriles is 1. The molecule has 0 unspecified atom stereocenters. The molecule has 0 aliphatic heterocycles. The number of hydrogen-bond acceptors (Lipinski definition) is 6. The third-order valence-corrected chi connectivity index (χ3v) is 5.55. The van der Waals surface area contributed by atoms with Crippen LogP contribution in [0.2, 0.25) is 0 Å². The van der Waals surface area contributed by atoms with Gasteiger partial charge in [-0.2, -0.15) is 5.26 Å². The third-order valence-electron chi connectivity index (χ3n) is 4.53. The summed E-state index contributed by atoms with van der Waals surface area (Å²) in [6.45, 7) is 5.44. The summed E-state index contributed by atoms with van der Waals surface area (Å²) in [7, 11) is 0. The summed E-state index contributed by atoms with van der Waals surface area (Å²) in [5, 5.41) is 11.4. The number of carbonyl (C=O) groups is 2. The molecule has 3 rings (SSSR count). The number of esters is 1. The van der Waals surface area contributed by atoms with E-state index in [-0.39, 0.29) is 0 Å². The summed E-state index contributed by atoms with van der Waals surface area (Å²) in [6, 6.07) is 4.55. The lowest BCUT2D eigenvalue weighted by Gasteiger charge is -2.06. The Morgan fingerprint density at radius 1 is 1.44 bits per heavy atom. The van der Waals surface area contributed by atoms with E-state index in [9.17, 15) is 14.9 Å². The minimum Gasteiger partial charge on any atom is -0.454 e. The molecule has 2 aromatic rings. The van der Waals surface area contributed by atoms with Gasteiger partial charge in [-0.1, -0.05) is 0 Å². The van der Waals surface area contributed by atoms with Crippen molar-refractivity contribution in [1.29, 1.82) is 5.26 Å². The van der Waals surface area contributed by atoms with Crippen LogP contribution in [-0.2, 0) is 14.3 Å². The van der Waals surface area contributed by atoms with Crippen molar-refractivity contribution in [2.45, 2.75) is 45.6 Å². The van der Waals surface area contributed by atoms with Gasteiger partial charge in [-0.25, -0.2) is 9.78 Å². The zero-order chi connectivity index (χ0) is 19.6. The monoisotopic (exact) mass is 383 g/mol. The molecular weight excluding hydrogens is 362 g/mol. The molecule has 27 heavy (non-hydrogen) atoms. The molecule has 0 saturated heterocycles. The molecule has 1 aliphatic carbocycles. The first-order valence-electron chi connectivity index (χ1n) is 8.78. The summed E-state index contributed by atoms with van der Waals surface area (Å²) in [6.07, 6.45) is 5.42. The first-order chi connectivity index (χ1) is 12.9. The Morgan fingerprint density at radius 3 is 2.78 bits per heavy atom. The van der Waals surface area contributed by atoms with Gasteiger partial charge in [0.15, 0.2) is 18.3 Å². The molecule has 1 aliphatic rings. The number of hydrogen-bond donors (Lipinski definition) is 0. The van der Waals surface area contributed by atoms with E-state index in [1.807, 2.05) is 19.1 Å². The van der Waals surface area contributed by atoms with Crippen LogP contribution >= 0.6 is 11.3 Å². The summed E-state index contributed by atoms with van der Waals surface area (Å²) in [4.78, 5) is 28.3. The molecule has 1 fully saturated rings. The fourth-order valence-electron chi connectivity index (χ4n) is 3.07. The van der Waals surface area contributed by atoms with Crippen molar-refractivity contribution in [3.63, 3.8) is 0 Å². The van der Waals surface area contributed by atoms with Crippen LogP contribution in [0.5, 0.6) is 0 Å². The van der Waals surface area contributed by atoms with E-state index in [2.05, 4.69) is 16.5 Å². The normalized spacial score (nSPS) is 14.9. The van der Waals surface area contributed by atoms with Crippen molar-refractivity contribution < 1.29 is 14.3 Å². The van der Waals surface area contributed by atoms with E-state index in [0.717, 1.165) is 17.0 Å². The molecule has 1 saturated carbocycles. The Morgan fingerprint density at radius 2 is 2.19 bits per heavy atom. The van der Waals surface area contributed by atoms with Gasteiger partial charge in [0.2, 0.25) is 0 Å². The van der Waals surface area contributed by atoms with Crippen molar-refractivity contribution in [3.05, 3.63) is 45.2 Å². The molecule has 0 aromatic carbocycles. The molecule has 0 amide bonds. The number of ketones is 1. The summed E-state index contributed by atoms with van der Waals surface area (Å²) in [5.74, 6) is -2.08. The van der Waals surface area contributed by atoms with Gasteiger partial charge in [0.25, 0.3) is 0 Å². The third kappa shape index (κ3) is 4.34. The highest BCUT2D eigenvalue weighted by atomic mass is 32.1. The van der Waals surface area contributed by atoms with Crippen molar-refractivity contribution in [1.82, 2.24) is 9.55 Å². The van der Waals surface area contributed by atoms with Crippen LogP contribution in [0.4, 0.5) is 0 Å². The number of aryl methyl sites for hydroxylation is 2. The van der Waals surface area contributed by atoms with Crippen LogP contribution < -0.4 is 0 Å². The second-order valence-corrected chi connectivity index (χ2v) is 7.61. The Bertz CT molecular complexity index is 944. The summed E-state index contributed by atoms with van der Waals surface area (Å²) >= 11 is 1.25. The molecule has 0 bridgehead atoms. The molecule has 0 spiro atoms. The molecule has 2 heterocycles. The molecule has 0 N–H and O–H groups in total. The van der Waals surface area contributed by atoms with Gasteiger partial charge in [-0.3, -0.25) is 4.79 Å². The highest BCUT2D eigenvalue weighted by molar-refractivity contribution is 7.09. The van der Waals surface area contributed by atoms with Gasteiger partial charge in [0, 0.05) is 34.6 Å². The van der Waals surface area contributed by atoms with Crippen LogP contribution in [0.15, 0.2) is 17.5 Å². The van der Waals surface area contributed by atoms with E-state index in [4.69, 9.17) is 4.74 Å². The smallest absolute Gasteiger partial charge is 0.331 e. The average molecular weight is 383 g/mol. The lowest BCUT2D eigenvalue weighted by molar-refractivity contribution is -0.143. The van der Waals surface area contributed by atoms with Crippen LogP contribution in [0.1, 0.15) is 52.5 Å². The van der Waals surface area contributed by atoms with Crippen molar-refractivity contribution in [3.8, 4) is 6.07 Å². The average Bonchev–Trinajstić information content (AvgIpc) is 3.30. The number of ether oxygens (including phenoxy) is 1. The fraction of sp³-hybridized carbons (Fsp3) is 0.400. The topological polar surface area (TPSA) is 85.0 Å². The van der Waals surface area contributed by atoms with Crippen LogP contribution in [0, 0.1) is 32.1 Å². The zero-order valence-electron chi connectivity index (χ0n) is 15.6. The minimum absolute atomic E-state index is 0.430. The molecule has 7 heteroatoms. The number of carbonyl (C=O) groups excluding carboxylic acids is 2. The second-order valence-electron chi connectivity index (χ2n) is 6.72. The van der Waals surface area contributed by atoms with Crippen LogP contribution in [0.3, 0.4) is 0 Å². The largest absolute Gasteiger partial charge is 0.454 e. The molecule has 6 nitrogen and oxygen atoms in total. The Hall–Kier alpha value is -2.72. The summed E-state index contributed by atoms with van der Waals surface area (Å²) in [5.41, 5.74) is 4.02. The predicted octanol–water partition coefficient (Wildman–Crippen LogP) is 3.64. The van der Waals surface area contributed by atoms with Gasteiger partial charge in [0.05, 0.1) is 6.07 Å². The summed E-state index contributed by atoms with van der Waals surface area (Å²) < 4.78 is 7.31. The molecule has 140 valence electrons. The number of rotatable bonds is 7. The Kier molecular flexibility index (Phi) is 5.57. The van der Waals surface area contributed by atoms with Gasteiger partial charge in [-0.05, 0) is 51.3 Å². The maximum absolute atomic E-state index is 12.2. The number of aromatic nitrogens is 2. The standard InChI is InChI=1S/C20H21N3O3S/c1-12-11-27-20(22-12)17(9-21)18(24)10-26-19(25)7-4-15-8-13(2)23(14(15)3)16-5-6-16/h4,7-8,11,16-17H,5-6,10H2,1-3H3/b7-4+/t17-/m1/s1. The molecule has 1 atom stereocenters. The molecular formula is C20H21N3O3S. The predicted molar refractivity (Wildman–Crippen MR) is 102 cm³/mol. The molecule has 0 radical (unpaired) electrons. The minimum atomic E-state index is -1.00. The van der Waals surface area contributed by atoms with E-state index in [1.54, 1.807) is 18.4 Å². The highest BCUT2D eigenvalue weighted by Crippen LogP contribution is 2.38. The lowest BCUT2D eigenvalue weighted by atomic mass is 10.1. The SMILES string of the molecule is Cc1csc([C@H](C#N)C(=O)COC(=O)/C=C/c2cc(C)n(C3CC3)c2C)n1.